The summed E-state index contributed by atoms with van der Waals surface area (Å²) in [5.74, 6) is 1.25. The summed E-state index contributed by atoms with van der Waals surface area (Å²) >= 11 is 0. The quantitative estimate of drug-likeness (QED) is 0.922. The second kappa shape index (κ2) is 6.57. The van der Waals surface area contributed by atoms with Gasteiger partial charge in [0.1, 0.15) is 5.76 Å². The van der Waals surface area contributed by atoms with Crippen LogP contribution >= 0.6 is 0 Å². The molecule has 0 aliphatic heterocycles. The van der Waals surface area contributed by atoms with Crippen LogP contribution in [0.2, 0.25) is 0 Å². The Balaban J connectivity index is 1.71. The minimum Gasteiger partial charge on any atom is -0.360 e. The van der Waals surface area contributed by atoms with E-state index in [-0.39, 0.29) is 11.9 Å². The minimum atomic E-state index is -0.141. The smallest absolute Gasteiger partial charge is 0.274 e. The third kappa shape index (κ3) is 3.31. The molecule has 0 spiro atoms. The fourth-order valence-corrected chi connectivity index (χ4v) is 3.08. The van der Waals surface area contributed by atoms with Crippen molar-refractivity contribution in [2.24, 2.45) is 0 Å². The molecule has 1 aliphatic rings. The average molecular weight is 312 g/mol. The van der Waals surface area contributed by atoms with Crippen LogP contribution in [0.15, 0.2) is 28.8 Å². The number of benzene rings is 1. The van der Waals surface area contributed by atoms with Crippen molar-refractivity contribution in [3.05, 3.63) is 52.4 Å². The maximum atomic E-state index is 12.5. The van der Waals surface area contributed by atoms with Crippen LogP contribution in [0.1, 0.15) is 78.5 Å². The van der Waals surface area contributed by atoms with E-state index >= 15 is 0 Å². The summed E-state index contributed by atoms with van der Waals surface area (Å²) in [5, 5.41) is 7.03. The first-order valence-corrected chi connectivity index (χ1v) is 8.44. The molecule has 4 nitrogen and oxygen atoms in total. The van der Waals surface area contributed by atoms with Gasteiger partial charge >= 0.3 is 0 Å². The zero-order valence-electron chi connectivity index (χ0n) is 14.1. The van der Waals surface area contributed by atoms with Crippen molar-refractivity contribution in [2.75, 3.05) is 0 Å². The number of hydrogen-bond donors (Lipinski definition) is 1. The molecule has 1 aliphatic carbocycles. The summed E-state index contributed by atoms with van der Waals surface area (Å²) < 4.78 is 5.33. The topological polar surface area (TPSA) is 55.1 Å². The van der Waals surface area contributed by atoms with Gasteiger partial charge in [0.15, 0.2) is 5.69 Å². The predicted molar refractivity (Wildman–Crippen MR) is 89.6 cm³/mol. The number of carbonyl (C=O) groups is 1. The van der Waals surface area contributed by atoms with Gasteiger partial charge in [0.25, 0.3) is 5.91 Å². The van der Waals surface area contributed by atoms with Crippen LogP contribution in [-0.2, 0) is 12.8 Å². The van der Waals surface area contributed by atoms with Crippen molar-refractivity contribution in [3.63, 3.8) is 0 Å². The van der Waals surface area contributed by atoms with Crippen molar-refractivity contribution in [1.82, 2.24) is 10.5 Å². The molecule has 4 heteroatoms. The molecule has 1 aromatic heterocycles. The Morgan fingerprint density at radius 1 is 1.09 bits per heavy atom. The Labute approximate surface area is 137 Å². The lowest BCUT2D eigenvalue weighted by Gasteiger charge is -2.15. The van der Waals surface area contributed by atoms with Crippen LogP contribution in [0.4, 0.5) is 0 Å². The Morgan fingerprint density at radius 3 is 2.43 bits per heavy atom. The number of carbonyl (C=O) groups excluding carboxylic acids is 1. The molecule has 122 valence electrons. The van der Waals surface area contributed by atoms with Gasteiger partial charge in [-0.1, -0.05) is 43.3 Å². The number of nitrogens with one attached hydrogen (secondary N) is 1. The lowest BCUT2D eigenvalue weighted by molar-refractivity contribution is 0.0930. The Hall–Kier alpha value is -2.10. The summed E-state index contributed by atoms with van der Waals surface area (Å²) in [5.41, 5.74) is 3.86. The van der Waals surface area contributed by atoms with E-state index in [1.807, 2.05) is 6.92 Å². The lowest BCUT2D eigenvalue weighted by atomic mass is 9.96. The molecule has 1 atom stereocenters. The average Bonchev–Trinajstić information content (AvgIpc) is 2.99. The summed E-state index contributed by atoms with van der Waals surface area (Å²) in [6, 6.07) is 8.36. The van der Waals surface area contributed by atoms with Gasteiger partial charge in [-0.2, -0.15) is 0 Å². The molecule has 1 aromatic carbocycles. The van der Waals surface area contributed by atoms with Crippen LogP contribution < -0.4 is 5.32 Å². The maximum Gasteiger partial charge on any atom is 0.274 e. The highest BCUT2D eigenvalue weighted by Gasteiger charge is 2.24. The SMILES string of the molecule is CC(C)c1ccc(C(C)NC(=O)c2noc3c2CCCC3)cc1. The zero-order valence-corrected chi connectivity index (χ0v) is 14.1. The van der Waals surface area contributed by atoms with E-state index in [9.17, 15) is 4.79 Å². The third-order valence-corrected chi connectivity index (χ3v) is 4.62. The van der Waals surface area contributed by atoms with E-state index in [0.29, 0.717) is 11.6 Å². The summed E-state index contributed by atoms with van der Waals surface area (Å²) in [4.78, 5) is 12.5. The van der Waals surface area contributed by atoms with Crippen LogP contribution in [0.25, 0.3) is 0 Å². The van der Waals surface area contributed by atoms with Gasteiger partial charge in [-0.05, 0) is 43.2 Å². The summed E-state index contributed by atoms with van der Waals surface area (Å²) in [6.45, 7) is 6.34. The number of hydrogen-bond acceptors (Lipinski definition) is 3. The first-order valence-electron chi connectivity index (χ1n) is 8.44. The third-order valence-electron chi connectivity index (χ3n) is 4.62. The van der Waals surface area contributed by atoms with Crippen molar-refractivity contribution < 1.29 is 9.32 Å². The summed E-state index contributed by atoms with van der Waals surface area (Å²) in [6.07, 6.45) is 3.99. The monoisotopic (exact) mass is 312 g/mol. The number of nitrogens with zero attached hydrogens (tertiary/aromatic N) is 1. The molecule has 2 aromatic rings. The first-order chi connectivity index (χ1) is 11.1. The number of aryl methyl sites for hydroxylation is 1. The summed E-state index contributed by atoms with van der Waals surface area (Å²) in [7, 11) is 0. The van der Waals surface area contributed by atoms with E-state index in [4.69, 9.17) is 4.52 Å². The van der Waals surface area contributed by atoms with E-state index in [0.717, 1.165) is 42.6 Å². The number of aromatic nitrogens is 1. The minimum absolute atomic E-state index is 0.0559. The molecule has 1 N–H and O–H groups in total. The number of fused-ring (bicyclic) bond motifs is 1. The Morgan fingerprint density at radius 2 is 1.74 bits per heavy atom. The van der Waals surface area contributed by atoms with Gasteiger partial charge in [0.05, 0.1) is 6.04 Å². The number of amides is 1. The van der Waals surface area contributed by atoms with Gasteiger partial charge < -0.3 is 9.84 Å². The second-order valence-corrected chi connectivity index (χ2v) is 6.66. The molecule has 0 bridgehead atoms. The molecule has 23 heavy (non-hydrogen) atoms. The van der Waals surface area contributed by atoms with Gasteiger partial charge in [0, 0.05) is 12.0 Å². The Bertz CT molecular complexity index is 686. The Kier molecular flexibility index (Phi) is 4.51. The van der Waals surface area contributed by atoms with Crippen molar-refractivity contribution >= 4 is 5.91 Å². The van der Waals surface area contributed by atoms with E-state index in [1.54, 1.807) is 0 Å². The van der Waals surface area contributed by atoms with Crippen LogP contribution in [0, 0.1) is 0 Å². The zero-order chi connectivity index (χ0) is 16.4. The first kappa shape index (κ1) is 15.8. The van der Waals surface area contributed by atoms with Gasteiger partial charge in [-0.3, -0.25) is 4.79 Å². The number of rotatable bonds is 4. The van der Waals surface area contributed by atoms with Gasteiger partial charge in [0.2, 0.25) is 0 Å². The van der Waals surface area contributed by atoms with Gasteiger partial charge in [-0.15, -0.1) is 0 Å². The fourth-order valence-electron chi connectivity index (χ4n) is 3.08. The van der Waals surface area contributed by atoms with Crippen LogP contribution in [0.5, 0.6) is 0 Å². The van der Waals surface area contributed by atoms with Crippen LogP contribution in [0.3, 0.4) is 0 Å². The molecular formula is C19H24N2O2. The maximum absolute atomic E-state index is 12.5. The molecule has 1 unspecified atom stereocenters. The van der Waals surface area contributed by atoms with E-state index in [2.05, 4.69) is 48.6 Å². The highest BCUT2D eigenvalue weighted by Crippen LogP contribution is 2.25. The molecule has 0 radical (unpaired) electrons. The van der Waals surface area contributed by atoms with Crippen molar-refractivity contribution in [1.29, 1.82) is 0 Å². The van der Waals surface area contributed by atoms with Crippen molar-refractivity contribution in [2.45, 2.75) is 58.4 Å². The molecule has 0 fully saturated rings. The van der Waals surface area contributed by atoms with Gasteiger partial charge in [-0.25, -0.2) is 0 Å². The molecule has 1 heterocycles. The second-order valence-electron chi connectivity index (χ2n) is 6.66. The predicted octanol–water partition coefficient (Wildman–Crippen LogP) is 4.17. The molecular weight excluding hydrogens is 288 g/mol. The standard InChI is InChI=1S/C19H24N2O2/c1-12(2)14-8-10-15(11-9-14)13(3)20-19(22)18-16-6-4-5-7-17(16)23-21-18/h8-13H,4-7H2,1-3H3,(H,20,22). The molecule has 0 saturated carbocycles. The lowest BCUT2D eigenvalue weighted by Crippen LogP contribution is -2.28. The molecule has 3 rings (SSSR count). The van der Waals surface area contributed by atoms with E-state index in [1.165, 1.54) is 5.56 Å². The molecule has 1 amide bonds. The highest BCUT2D eigenvalue weighted by molar-refractivity contribution is 5.94. The highest BCUT2D eigenvalue weighted by atomic mass is 16.5. The van der Waals surface area contributed by atoms with E-state index < -0.39 is 0 Å². The largest absolute Gasteiger partial charge is 0.360 e. The normalized spacial score (nSPS) is 15.3. The molecule has 0 saturated heterocycles. The van der Waals surface area contributed by atoms with Crippen molar-refractivity contribution in [3.8, 4) is 0 Å². The van der Waals surface area contributed by atoms with Crippen LogP contribution in [-0.4, -0.2) is 11.1 Å². The fraction of sp³-hybridized carbons (Fsp3) is 0.474.